The highest BCUT2D eigenvalue weighted by molar-refractivity contribution is 9.10. The first-order valence-corrected chi connectivity index (χ1v) is 6.58. The van der Waals surface area contributed by atoms with Gasteiger partial charge in [0, 0.05) is 16.6 Å². The molecule has 0 aliphatic heterocycles. The molecular weight excluding hydrogens is 322 g/mol. The monoisotopic (exact) mass is 331 g/mol. The van der Waals surface area contributed by atoms with E-state index >= 15 is 0 Å². The molecule has 0 aliphatic rings. The van der Waals surface area contributed by atoms with E-state index in [-0.39, 0.29) is 5.91 Å². The van der Waals surface area contributed by atoms with Crippen LogP contribution in [-0.2, 0) is 0 Å². The number of benzene rings is 1. The molecule has 0 fully saturated rings. The molecule has 20 heavy (non-hydrogen) atoms. The highest BCUT2D eigenvalue weighted by Crippen LogP contribution is 2.19. The number of nitrogens with two attached hydrogens (primary N) is 1. The van der Waals surface area contributed by atoms with Crippen molar-refractivity contribution in [3.8, 4) is 0 Å². The number of nitrogens with zero attached hydrogens (tertiary/aromatic N) is 2. The second-order valence-corrected chi connectivity index (χ2v) is 5.02. The van der Waals surface area contributed by atoms with Crippen molar-refractivity contribution in [3.05, 3.63) is 47.0 Å². The van der Waals surface area contributed by atoms with Gasteiger partial charge in [-0.1, -0.05) is 0 Å². The Morgan fingerprint density at radius 2 is 2.10 bits per heavy atom. The van der Waals surface area contributed by atoms with Crippen molar-refractivity contribution >= 4 is 44.2 Å². The van der Waals surface area contributed by atoms with Crippen molar-refractivity contribution in [2.24, 2.45) is 0 Å². The standard InChI is InChI=1S/C13H10BrN5O/c14-11-5-17-12(6-16-11)19-13(20)10-4-7-3-8(15)1-2-9(7)18-10/h1-6,18H,15H2,(H,17,19,20). The Morgan fingerprint density at radius 3 is 2.85 bits per heavy atom. The lowest BCUT2D eigenvalue weighted by atomic mass is 10.2. The summed E-state index contributed by atoms with van der Waals surface area (Å²) in [5, 5.41) is 3.55. The predicted octanol–water partition coefficient (Wildman–Crippen LogP) is 2.55. The number of rotatable bonds is 2. The number of aromatic nitrogens is 3. The molecule has 2 aromatic heterocycles. The SMILES string of the molecule is Nc1ccc2[nH]c(C(=O)Nc3cnc(Br)cn3)cc2c1. The highest BCUT2D eigenvalue weighted by atomic mass is 79.9. The molecule has 7 heteroatoms. The van der Waals surface area contributed by atoms with Crippen LogP contribution in [0.2, 0.25) is 0 Å². The Balaban J connectivity index is 1.86. The van der Waals surface area contributed by atoms with Crippen molar-refractivity contribution in [2.75, 3.05) is 11.1 Å². The molecule has 1 aromatic carbocycles. The third-order valence-corrected chi connectivity index (χ3v) is 3.16. The quantitative estimate of drug-likeness (QED) is 0.628. The van der Waals surface area contributed by atoms with Crippen LogP contribution in [0, 0.1) is 0 Å². The van der Waals surface area contributed by atoms with Gasteiger partial charge in [0.05, 0.1) is 12.4 Å². The minimum Gasteiger partial charge on any atom is -0.399 e. The number of fused-ring (bicyclic) bond motifs is 1. The van der Waals surface area contributed by atoms with Gasteiger partial charge in [0.2, 0.25) is 0 Å². The van der Waals surface area contributed by atoms with Crippen LogP contribution in [0.25, 0.3) is 10.9 Å². The lowest BCUT2D eigenvalue weighted by molar-refractivity contribution is 0.102. The van der Waals surface area contributed by atoms with Crippen LogP contribution in [0.4, 0.5) is 11.5 Å². The molecule has 3 aromatic rings. The molecule has 1 amide bonds. The maximum absolute atomic E-state index is 12.1. The van der Waals surface area contributed by atoms with Gasteiger partial charge in [-0.25, -0.2) is 9.97 Å². The van der Waals surface area contributed by atoms with Crippen molar-refractivity contribution in [3.63, 3.8) is 0 Å². The number of anilines is 2. The summed E-state index contributed by atoms with van der Waals surface area (Å²) in [6.07, 6.45) is 2.99. The number of amides is 1. The fourth-order valence-electron chi connectivity index (χ4n) is 1.83. The van der Waals surface area contributed by atoms with Crippen LogP contribution in [0.5, 0.6) is 0 Å². The zero-order chi connectivity index (χ0) is 14.1. The number of nitrogens with one attached hydrogen (secondary N) is 2. The second kappa shape index (κ2) is 4.93. The van der Waals surface area contributed by atoms with Gasteiger partial charge in [-0.05, 0) is 40.2 Å². The number of nitrogen functional groups attached to an aromatic ring is 1. The van der Waals surface area contributed by atoms with Gasteiger partial charge in [0.25, 0.3) is 5.91 Å². The van der Waals surface area contributed by atoms with Gasteiger partial charge in [-0.15, -0.1) is 0 Å². The molecule has 0 radical (unpaired) electrons. The van der Waals surface area contributed by atoms with E-state index < -0.39 is 0 Å². The molecular formula is C13H10BrN5O. The first kappa shape index (κ1) is 12.6. The van der Waals surface area contributed by atoms with Crippen molar-refractivity contribution in [2.45, 2.75) is 0 Å². The molecule has 0 bridgehead atoms. The fourth-order valence-corrected chi connectivity index (χ4v) is 2.04. The van der Waals surface area contributed by atoms with Gasteiger partial charge in [0.1, 0.15) is 10.3 Å². The van der Waals surface area contributed by atoms with Gasteiger partial charge >= 0.3 is 0 Å². The van der Waals surface area contributed by atoms with E-state index in [2.05, 4.69) is 36.2 Å². The number of halogens is 1. The van der Waals surface area contributed by atoms with Gasteiger partial charge in [-0.3, -0.25) is 4.79 Å². The molecule has 0 saturated heterocycles. The van der Waals surface area contributed by atoms with Crippen LogP contribution in [-0.4, -0.2) is 20.9 Å². The number of aromatic amines is 1. The third kappa shape index (κ3) is 2.48. The zero-order valence-corrected chi connectivity index (χ0v) is 11.8. The average molecular weight is 332 g/mol. The van der Waals surface area contributed by atoms with E-state index in [1.165, 1.54) is 12.4 Å². The number of carbonyl (C=O) groups is 1. The Hall–Kier alpha value is -2.41. The van der Waals surface area contributed by atoms with Gasteiger partial charge in [0.15, 0.2) is 5.82 Å². The Labute approximate surface area is 122 Å². The molecule has 0 saturated carbocycles. The summed E-state index contributed by atoms with van der Waals surface area (Å²) >= 11 is 3.18. The van der Waals surface area contributed by atoms with Crippen molar-refractivity contribution in [1.82, 2.24) is 15.0 Å². The molecule has 0 aliphatic carbocycles. The summed E-state index contributed by atoms with van der Waals surface area (Å²) in [6, 6.07) is 7.16. The summed E-state index contributed by atoms with van der Waals surface area (Å²) in [5.74, 6) is 0.104. The number of hydrogen-bond donors (Lipinski definition) is 3. The van der Waals surface area contributed by atoms with Gasteiger partial charge in [-0.2, -0.15) is 0 Å². The summed E-state index contributed by atoms with van der Waals surface area (Å²) in [5.41, 5.74) is 7.66. The normalized spacial score (nSPS) is 10.7. The van der Waals surface area contributed by atoms with Crippen molar-refractivity contribution in [1.29, 1.82) is 0 Å². The van der Waals surface area contributed by atoms with Crippen LogP contribution < -0.4 is 11.1 Å². The summed E-state index contributed by atoms with van der Waals surface area (Å²) in [4.78, 5) is 23.2. The minimum atomic E-state index is -0.281. The fraction of sp³-hybridized carbons (Fsp3) is 0. The number of hydrogen-bond acceptors (Lipinski definition) is 4. The highest BCUT2D eigenvalue weighted by Gasteiger charge is 2.10. The maximum Gasteiger partial charge on any atom is 0.273 e. The van der Waals surface area contributed by atoms with Crippen molar-refractivity contribution < 1.29 is 4.79 Å². The largest absolute Gasteiger partial charge is 0.399 e. The van der Waals surface area contributed by atoms with E-state index in [1.807, 2.05) is 12.1 Å². The van der Waals surface area contributed by atoms with Crippen LogP contribution >= 0.6 is 15.9 Å². The minimum absolute atomic E-state index is 0.281. The Bertz CT molecular complexity index is 781. The topological polar surface area (TPSA) is 96.7 Å². The zero-order valence-electron chi connectivity index (χ0n) is 10.2. The lowest BCUT2D eigenvalue weighted by Gasteiger charge is -2.01. The molecule has 6 nitrogen and oxygen atoms in total. The molecule has 2 heterocycles. The predicted molar refractivity (Wildman–Crippen MR) is 80.4 cm³/mol. The first-order valence-electron chi connectivity index (χ1n) is 5.79. The lowest BCUT2D eigenvalue weighted by Crippen LogP contribution is -2.13. The van der Waals surface area contributed by atoms with E-state index in [0.29, 0.717) is 21.8 Å². The smallest absolute Gasteiger partial charge is 0.273 e. The number of H-pyrrole nitrogens is 1. The first-order chi connectivity index (χ1) is 9.61. The maximum atomic E-state index is 12.1. The van der Waals surface area contributed by atoms with E-state index in [1.54, 1.807) is 12.1 Å². The van der Waals surface area contributed by atoms with E-state index in [4.69, 9.17) is 5.73 Å². The van der Waals surface area contributed by atoms with E-state index in [0.717, 1.165) is 10.9 Å². The molecule has 100 valence electrons. The molecule has 0 unspecified atom stereocenters. The van der Waals surface area contributed by atoms with E-state index in [9.17, 15) is 4.79 Å². The summed E-state index contributed by atoms with van der Waals surface area (Å²) in [7, 11) is 0. The Morgan fingerprint density at radius 1 is 1.25 bits per heavy atom. The summed E-state index contributed by atoms with van der Waals surface area (Å²) < 4.78 is 0.608. The molecule has 3 rings (SSSR count). The molecule has 0 spiro atoms. The van der Waals surface area contributed by atoms with Crippen LogP contribution in [0.3, 0.4) is 0 Å². The summed E-state index contributed by atoms with van der Waals surface area (Å²) in [6.45, 7) is 0. The van der Waals surface area contributed by atoms with Crippen LogP contribution in [0.15, 0.2) is 41.3 Å². The Kier molecular flexibility index (Phi) is 3.11. The van der Waals surface area contributed by atoms with Gasteiger partial charge < -0.3 is 16.0 Å². The second-order valence-electron chi connectivity index (χ2n) is 4.21. The molecule has 0 atom stereocenters. The number of carbonyl (C=O) groups excluding carboxylic acids is 1. The third-order valence-electron chi connectivity index (χ3n) is 2.75. The van der Waals surface area contributed by atoms with Crippen LogP contribution in [0.1, 0.15) is 10.5 Å². The molecule has 4 N–H and O–H groups in total. The average Bonchev–Trinajstić information content (AvgIpc) is 2.84.